The Hall–Kier alpha value is -3.61. The lowest BCUT2D eigenvalue weighted by atomic mass is 10.1. The van der Waals surface area contributed by atoms with Crippen LogP contribution in [-0.4, -0.2) is 26.6 Å². The average molecular weight is 361 g/mol. The van der Waals surface area contributed by atoms with E-state index < -0.39 is 0 Å². The van der Waals surface area contributed by atoms with Crippen molar-refractivity contribution < 1.29 is 9.59 Å². The first-order valence-corrected chi connectivity index (χ1v) is 8.42. The van der Waals surface area contributed by atoms with Crippen molar-refractivity contribution in [2.24, 2.45) is 0 Å². The molecular formula is C20H19N5O2. The fraction of sp³-hybridized carbons (Fsp3) is 0.150. The van der Waals surface area contributed by atoms with Crippen molar-refractivity contribution in [1.82, 2.24) is 15.0 Å². The first-order chi connectivity index (χ1) is 13.0. The van der Waals surface area contributed by atoms with Gasteiger partial charge in [0.1, 0.15) is 5.69 Å². The summed E-state index contributed by atoms with van der Waals surface area (Å²) in [5, 5.41) is 5.88. The van der Waals surface area contributed by atoms with E-state index in [9.17, 15) is 9.59 Å². The number of carbonyl (C=O) groups excluding carboxylic acids is 2. The molecule has 0 aliphatic rings. The number of rotatable bonds is 6. The minimum atomic E-state index is -0.347. The second-order valence-electron chi connectivity index (χ2n) is 6.02. The number of carbonyl (C=O) groups is 2. The Morgan fingerprint density at radius 3 is 2.52 bits per heavy atom. The highest BCUT2D eigenvalue weighted by Gasteiger charge is 2.11. The molecule has 1 amide bonds. The van der Waals surface area contributed by atoms with Crippen LogP contribution in [-0.2, 0) is 6.54 Å². The van der Waals surface area contributed by atoms with E-state index in [1.54, 1.807) is 49.6 Å². The van der Waals surface area contributed by atoms with Crippen LogP contribution >= 0.6 is 0 Å². The molecule has 3 rings (SSSR count). The van der Waals surface area contributed by atoms with Gasteiger partial charge in [0.25, 0.3) is 5.91 Å². The Kier molecular flexibility index (Phi) is 5.51. The van der Waals surface area contributed by atoms with Gasteiger partial charge in [-0.3, -0.25) is 14.6 Å². The number of pyridine rings is 1. The molecule has 1 aromatic carbocycles. The predicted octanol–water partition coefficient (Wildman–Crippen LogP) is 3.25. The number of hydrogen-bond donors (Lipinski definition) is 2. The van der Waals surface area contributed by atoms with Crippen LogP contribution in [0.1, 0.15) is 39.0 Å². The van der Waals surface area contributed by atoms with Crippen molar-refractivity contribution in [3.05, 3.63) is 77.4 Å². The fourth-order valence-corrected chi connectivity index (χ4v) is 2.43. The zero-order valence-corrected chi connectivity index (χ0v) is 15.1. The van der Waals surface area contributed by atoms with E-state index in [1.165, 1.54) is 6.92 Å². The molecule has 2 N–H and O–H groups in total. The van der Waals surface area contributed by atoms with Crippen LogP contribution in [0.25, 0.3) is 0 Å². The number of nitrogens with zero attached hydrogens (tertiary/aromatic N) is 3. The lowest BCUT2D eigenvalue weighted by Crippen LogP contribution is -2.16. The summed E-state index contributed by atoms with van der Waals surface area (Å²) in [6, 6.07) is 12.1. The summed E-state index contributed by atoms with van der Waals surface area (Å²) in [6.07, 6.45) is 3.46. The second kappa shape index (κ2) is 8.18. The molecule has 0 bridgehead atoms. The molecule has 0 saturated carbocycles. The van der Waals surface area contributed by atoms with Gasteiger partial charge in [-0.15, -0.1) is 0 Å². The number of aryl methyl sites for hydroxylation is 1. The van der Waals surface area contributed by atoms with E-state index in [-0.39, 0.29) is 17.4 Å². The van der Waals surface area contributed by atoms with Gasteiger partial charge in [0.05, 0.1) is 0 Å². The average Bonchev–Trinajstić information content (AvgIpc) is 2.67. The van der Waals surface area contributed by atoms with Crippen molar-refractivity contribution >= 4 is 23.3 Å². The maximum atomic E-state index is 12.5. The van der Waals surface area contributed by atoms with E-state index in [2.05, 4.69) is 25.6 Å². The highest BCUT2D eigenvalue weighted by molar-refractivity contribution is 6.03. The zero-order valence-electron chi connectivity index (χ0n) is 15.1. The zero-order chi connectivity index (χ0) is 19.2. The lowest BCUT2D eigenvalue weighted by molar-refractivity contribution is 0.101. The highest BCUT2D eigenvalue weighted by Crippen LogP contribution is 2.13. The first-order valence-electron chi connectivity index (χ1n) is 8.42. The molecule has 0 fully saturated rings. The predicted molar refractivity (Wildman–Crippen MR) is 103 cm³/mol. The number of hydrogen-bond acceptors (Lipinski definition) is 6. The molecule has 0 spiro atoms. The number of amides is 1. The smallest absolute Gasteiger partial charge is 0.274 e. The van der Waals surface area contributed by atoms with Gasteiger partial charge in [0.2, 0.25) is 5.95 Å². The summed E-state index contributed by atoms with van der Waals surface area (Å²) in [7, 11) is 0. The Bertz CT molecular complexity index is 956. The van der Waals surface area contributed by atoms with Crippen molar-refractivity contribution in [2.45, 2.75) is 20.4 Å². The maximum Gasteiger partial charge on any atom is 0.274 e. The van der Waals surface area contributed by atoms with Gasteiger partial charge >= 0.3 is 0 Å². The molecule has 0 radical (unpaired) electrons. The van der Waals surface area contributed by atoms with Gasteiger partial charge in [-0.25, -0.2) is 9.97 Å². The van der Waals surface area contributed by atoms with Gasteiger partial charge in [-0.1, -0.05) is 6.07 Å². The maximum absolute atomic E-state index is 12.5. The summed E-state index contributed by atoms with van der Waals surface area (Å²) in [5.74, 6) is 0.0000625. The number of nitrogens with one attached hydrogen (secondary N) is 2. The molecule has 0 unspecified atom stereocenters. The molecule has 0 saturated heterocycles. The third kappa shape index (κ3) is 4.94. The van der Waals surface area contributed by atoms with Crippen LogP contribution in [0.15, 0.2) is 54.9 Å². The molecule has 3 aromatic rings. The molecular weight excluding hydrogens is 342 g/mol. The van der Waals surface area contributed by atoms with E-state index in [0.717, 1.165) is 5.56 Å². The molecule has 2 heterocycles. The molecule has 7 heteroatoms. The van der Waals surface area contributed by atoms with E-state index >= 15 is 0 Å². The summed E-state index contributed by atoms with van der Waals surface area (Å²) >= 11 is 0. The minimum absolute atomic E-state index is 0.0244. The van der Waals surface area contributed by atoms with Gasteiger partial charge in [-0.2, -0.15) is 0 Å². The van der Waals surface area contributed by atoms with Crippen LogP contribution in [0.2, 0.25) is 0 Å². The second-order valence-corrected chi connectivity index (χ2v) is 6.02. The highest BCUT2D eigenvalue weighted by atomic mass is 16.2. The minimum Gasteiger partial charge on any atom is -0.350 e. The summed E-state index contributed by atoms with van der Waals surface area (Å²) in [5.41, 5.74) is 3.10. The van der Waals surface area contributed by atoms with E-state index in [4.69, 9.17) is 0 Å². The molecule has 27 heavy (non-hydrogen) atoms. The Morgan fingerprint density at radius 2 is 1.85 bits per heavy atom. The van der Waals surface area contributed by atoms with Crippen LogP contribution in [0.4, 0.5) is 11.6 Å². The third-order valence-corrected chi connectivity index (χ3v) is 3.81. The quantitative estimate of drug-likeness (QED) is 0.654. The fourth-order valence-electron chi connectivity index (χ4n) is 2.43. The standard InChI is InChI=1S/C20H19N5O2/c1-13-10-18(19(27)24-17-7-5-16(6-8-17)14(2)26)25-20(23-13)22-12-15-4-3-9-21-11-15/h3-11H,12H2,1-2H3,(H,24,27)(H,22,23,25). The number of benzene rings is 1. The Labute approximate surface area is 156 Å². The van der Waals surface area contributed by atoms with Crippen molar-refractivity contribution in [3.8, 4) is 0 Å². The topological polar surface area (TPSA) is 96.9 Å². The van der Waals surface area contributed by atoms with E-state index in [1.807, 2.05) is 12.1 Å². The Balaban J connectivity index is 1.70. The molecule has 136 valence electrons. The molecule has 0 atom stereocenters. The first kappa shape index (κ1) is 18.2. The summed E-state index contributed by atoms with van der Waals surface area (Å²) in [4.78, 5) is 36.5. The monoisotopic (exact) mass is 361 g/mol. The third-order valence-electron chi connectivity index (χ3n) is 3.81. The van der Waals surface area contributed by atoms with Crippen molar-refractivity contribution in [1.29, 1.82) is 0 Å². The molecule has 7 nitrogen and oxygen atoms in total. The van der Waals surface area contributed by atoms with Crippen LogP contribution in [0, 0.1) is 6.92 Å². The van der Waals surface area contributed by atoms with Crippen molar-refractivity contribution in [2.75, 3.05) is 10.6 Å². The number of ketones is 1. The van der Waals surface area contributed by atoms with Gasteiger partial charge < -0.3 is 10.6 Å². The van der Waals surface area contributed by atoms with Crippen LogP contribution in [0.5, 0.6) is 0 Å². The molecule has 0 aliphatic heterocycles. The summed E-state index contributed by atoms with van der Waals surface area (Å²) in [6.45, 7) is 3.80. The van der Waals surface area contributed by atoms with Gasteiger partial charge in [-0.05, 0) is 55.8 Å². The Morgan fingerprint density at radius 1 is 1.07 bits per heavy atom. The largest absolute Gasteiger partial charge is 0.350 e. The lowest BCUT2D eigenvalue weighted by Gasteiger charge is -2.09. The van der Waals surface area contributed by atoms with Gasteiger partial charge in [0, 0.05) is 35.9 Å². The number of anilines is 2. The normalized spacial score (nSPS) is 10.3. The SMILES string of the molecule is CC(=O)c1ccc(NC(=O)c2cc(C)nc(NCc3cccnc3)n2)cc1. The van der Waals surface area contributed by atoms with E-state index in [0.29, 0.717) is 29.4 Å². The number of aromatic nitrogens is 3. The van der Waals surface area contributed by atoms with Crippen LogP contribution in [0.3, 0.4) is 0 Å². The van der Waals surface area contributed by atoms with Crippen LogP contribution < -0.4 is 10.6 Å². The molecule has 0 aliphatic carbocycles. The molecule has 2 aromatic heterocycles. The number of Topliss-reactive ketones (excluding diaryl/α,β-unsaturated/α-hetero) is 1. The summed E-state index contributed by atoms with van der Waals surface area (Å²) < 4.78 is 0. The van der Waals surface area contributed by atoms with Gasteiger partial charge in [0.15, 0.2) is 5.78 Å². The van der Waals surface area contributed by atoms with Crippen molar-refractivity contribution in [3.63, 3.8) is 0 Å².